The lowest BCUT2D eigenvalue weighted by Gasteiger charge is -2.27. The Kier molecular flexibility index (Phi) is 8.22. The molecule has 0 radical (unpaired) electrons. The van der Waals surface area contributed by atoms with Crippen molar-refractivity contribution in [2.24, 2.45) is 0 Å². The van der Waals surface area contributed by atoms with Gasteiger partial charge >= 0.3 is 0 Å². The topological polar surface area (TPSA) is 55.4 Å². The third kappa shape index (κ3) is 5.30. The second kappa shape index (κ2) is 12.8. The molecule has 0 fully saturated rings. The maximum Gasteiger partial charge on any atom is 0.118 e. The molecule has 0 spiro atoms. The standard InChI is InChI=1S/C40H36O6/c1-41-29-13-5-25(6-14-29)37-33-21-45-22-34(33)39(27-9-17-31(43-3)18-10-27)40(28-11-19-32(44-4)20-12-28)36-24-46-23-35(36)38(37)26-7-15-30(42-2)16-8-26/h5-20H,21-24H2,1-4H3/b37-33?,38-35?,38-37-,39-34?,40-36?,40-39-. The Hall–Kier alpha value is -5.04. The number of benzene rings is 4. The Morgan fingerprint density at radius 2 is 0.522 bits per heavy atom. The maximum atomic E-state index is 6.38. The maximum absolute atomic E-state index is 6.38. The normalized spacial score (nSPS) is 19.4. The van der Waals surface area contributed by atoms with Crippen LogP contribution in [0.15, 0.2) is 119 Å². The van der Waals surface area contributed by atoms with Crippen molar-refractivity contribution in [3.05, 3.63) is 142 Å². The van der Waals surface area contributed by atoms with Crippen molar-refractivity contribution in [3.8, 4) is 23.0 Å². The molecule has 4 aromatic rings. The smallest absolute Gasteiger partial charge is 0.118 e. The van der Waals surface area contributed by atoms with Crippen molar-refractivity contribution in [2.45, 2.75) is 0 Å². The zero-order chi connectivity index (χ0) is 31.6. The van der Waals surface area contributed by atoms with Crippen molar-refractivity contribution >= 4 is 22.3 Å². The molecule has 0 atom stereocenters. The van der Waals surface area contributed by atoms with E-state index in [1.54, 1.807) is 28.4 Å². The van der Waals surface area contributed by atoms with Crippen molar-refractivity contribution in [3.63, 3.8) is 0 Å². The highest BCUT2D eigenvalue weighted by molar-refractivity contribution is 6.14. The number of methoxy groups -OCH3 is 4. The third-order valence-corrected chi connectivity index (χ3v) is 8.94. The van der Waals surface area contributed by atoms with Crippen molar-refractivity contribution in [1.82, 2.24) is 0 Å². The van der Waals surface area contributed by atoms with Crippen LogP contribution in [0.4, 0.5) is 0 Å². The van der Waals surface area contributed by atoms with E-state index < -0.39 is 0 Å². The van der Waals surface area contributed by atoms with Crippen molar-refractivity contribution in [1.29, 1.82) is 0 Å². The van der Waals surface area contributed by atoms with E-state index in [4.69, 9.17) is 28.4 Å². The first-order chi connectivity index (χ1) is 22.6. The van der Waals surface area contributed by atoms with Crippen molar-refractivity contribution in [2.75, 3.05) is 54.9 Å². The molecule has 3 aliphatic rings. The lowest BCUT2D eigenvalue weighted by atomic mass is 9.75. The highest BCUT2D eigenvalue weighted by Gasteiger charge is 2.35. The molecule has 1 aliphatic carbocycles. The minimum atomic E-state index is 0.482. The molecule has 7 rings (SSSR count). The fourth-order valence-corrected chi connectivity index (χ4v) is 6.66. The average Bonchev–Trinajstić information content (AvgIpc) is 3.79. The van der Waals surface area contributed by atoms with Gasteiger partial charge in [-0.1, -0.05) is 48.5 Å². The zero-order valence-corrected chi connectivity index (χ0v) is 26.5. The lowest BCUT2D eigenvalue weighted by molar-refractivity contribution is 0.206. The van der Waals surface area contributed by atoms with Crippen LogP contribution in [0.1, 0.15) is 22.3 Å². The molecule has 0 aromatic heterocycles. The van der Waals surface area contributed by atoms with Gasteiger partial charge < -0.3 is 28.4 Å². The fraction of sp³-hybridized carbons (Fsp3) is 0.200. The molecule has 6 heteroatoms. The summed E-state index contributed by atoms with van der Waals surface area (Å²) in [7, 11) is 6.77. The molecule has 0 unspecified atom stereocenters. The van der Waals surface area contributed by atoms with Gasteiger partial charge in [0.15, 0.2) is 0 Å². The monoisotopic (exact) mass is 612 g/mol. The minimum absolute atomic E-state index is 0.482. The quantitative estimate of drug-likeness (QED) is 0.202. The van der Waals surface area contributed by atoms with E-state index >= 15 is 0 Å². The Morgan fingerprint density at radius 3 is 0.696 bits per heavy atom. The largest absolute Gasteiger partial charge is 0.497 e. The van der Waals surface area contributed by atoms with Gasteiger partial charge in [0.2, 0.25) is 0 Å². The molecule has 46 heavy (non-hydrogen) atoms. The summed E-state index contributed by atoms with van der Waals surface area (Å²) < 4.78 is 34.9. The summed E-state index contributed by atoms with van der Waals surface area (Å²) in [5.74, 6) is 3.23. The van der Waals surface area contributed by atoms with Crippen LogP contribution in [-0.4, -0.2) is 54.9 Å². The van der Waals surface area contributed by atoms with Crippen LogP contribution in [0.5, 0.6) is 23.0 Å². The minimum Gasteiger partial charge on any atom is -0.497 e. The molecular weight excluding hydrogens is 576 g/mol. The van der Waals surface area contributed by atoms with Gasteiger partial charge in [-0.05, 0) is 115 Å². The molecule has 0 saturated carbocycles. The summed E-state index contributed by atoms with van der Waals surface area (Å²) in [6.45, 7) is 1.93. The SMILES string of the molecule is COc1ccc(/C2=C(\c3ccc(OC)cc3)C3=C(COC3)/C(c3ccc(OC)cc3)=C(/c3ccc(OC)cc3)C3=C2COC3)cc1. The number of ether oxygens (including phenoxy) is 6. The fourth-order valence-electron chi connectivity index (χ4n) is 6.66. The molecular formula is C40H36O6. The summed E-state index contributed by atoms with van der Waals surface area (Å²) in [6.07, 6.45) is 0. The lowest BCUT2D eigenvalue weighted by Crippen LogP contribution is -2.09. The van der Waals surface area contributed by atoms with Crippen LogP contribution >= 0.6 is 0 Å². The number of rotatable bonds is 8. The molecule has 4 aromatic carbocycles. The summed E-state index contributed by atoms with van der Waals surface area (Å²) in [4.78, 5) is 0. The molecule has 2 heterocycles. The van der Waals surface area contributed by atoms with Crippen LogP contribution < -0.4 is 18.9 Å². The van der Waals surface area contributed by atoms with Gasteiger partial charge in [0.05, 0.1) is 54.9 Å². The van der Waals surface area contributed by atoms with Crippen LogP contribution in [0.3, 0.4) is 0 Å². The Labute approximate surface area is 269 Å². The predicted molar refractivity (Wildman–Crippen MR) is 181 cm³/mol. The molecule has 0 bridgehead atoms. The van der Waals surface area contributed by atoms with Crippen molar-refractivity contribution < 1.29 is 28.4 Å². The van der Waals surface area contributed by atoms with Gasteiger partial charge in [-0.2, -0.15) is 0 Å². The predicted octanol–water partition coefficient (Wildman–Crippen LogP) is 7.91. The van der Waals surface area contributed by atoms with Gasteiger partial charge in [-0.25, -0.2) is 0 Å². The first-order valence-electron chi connectivity index (χ1n) is 15.3. The summed E-state index contributed by atoms with van der Waals surface area (Å²) >= 11 is 0. The third-order valence-electron chi connectivity index (χ3n) is 8.94. The molecule has 232 valence electrons. The second-order valence-corrected chi connectivity index (χ2v) is 11.3. The van der Waals surface area contributed by atoms with Gasteiger partial charge in [0.25, 0.3) is 0 Å². The summed E-state index contributed by atoms with van der Waals surface area (Å²) in [5, 5.41) is 0. The summed E-state index contributed by atoms with van der Waals surface area (Å²) in [6, 6.07) is 33.3. The van der Waals surface area contributed by atoms with Crippen LogP contribution in [-0.2, 0) is 9.47 Å². The molecule has 0 saturated heterocycles. The van der Waals surface area contributed by atoms with Crippen LogP contribution in [0, 0.1) is 0 Å². The van der Waals surface area contributed by atoms with Gasteiger partial charge in [0, 0.05) is 0 Å². The Balaban J connectivity index is 1.60. The zero-order valence-electron chi connectivity index (χ0n) is 26.5. The molecule has 6 nitrogen and oxygen atoms in total. The van der Waals surface area contributed by atoms with E-state index in [0.717, 1.165) is 89.8 Å². The van der Waals surface area contributed by atoms with Gasteiger partial charge in [0.1, 0.15) is 23.0 Å². The summed E-state index contributed by atoms with van der Waals surface area (Å²) in [5.41, 5.74) is 13.5. The van der Waals surface area contributed by atoms with E-state index in [0.29, 0.717) is 26.4 Å². The second-order valence-electron chi connectivity index (χ2n) is 11.3. The van der Waals surface area contributed by atoms with Gasteiger partial charge in [-0.15, -0.1) is 0 Å². The van der Waals surface area contributed by atoms with E-state index in [1.165, 1.54) is 0 Å². The van der Waals surface area contributed by atoms with E-state index in [9.17, 15) is 0 Å². The van der Waals surface area contributed by atoms with E-state index in [2.05, 4.69) is 48.5 Å². The highest BCUT2D eigenvalue weighted by atomic mass is 16.5. The Bertz CT molecular complexity index is 1600. The van der Waals surface area contributed by atoms with Gasteiger partial charge in [-0.3, -0.25) is 0 Å². The van der Waals surface area contributed by atoms with E-state index in [-0.39, 0.29) is 0 Å². The first kappa shape index (κ1) is 29.7. The molecule has 0 N–H and O–H groups in total. The van der Waals surface area contributed by atoms with Crippen LogP contribution in [0.25, 0.3) is 22.3 Å². The van der Waals surface area contributed by atoms with E-state index in [1.807, 2.05) is 48.5 Å². The molecule has 2 aliphatic heterocycles. The highest BCUT2D eigenvalue weighted by Crippen LogP contribution is 2.51. The van der Waals surface area contributed by atoms with Crippen LogP contribution in [0.2, 0.25) is 0 Å². The Morgan fingerprint density at radius 1 is 0.326 bits per heavy atom. The molecule has 0 amide bonds. The number of hydrogen-bond acceptors (Lipinski definition) is 6. The first-order valence-corrected chi connectivity index (χ1v) is 15.3. The number of hydrogen-bond donors (Lipinski definition) is 0. The average molecular weight is 613 g/mol.